The van der Waals surface area contributed by atoms with Crippen LogP contribution in [0.3, 0.4) is 0 Å². The van der Waals surface area contributed by atoms with Gasteiger partial charge in [-0.05, 0) is 48.7 Å². The van der Waals surface area contributed by atoms with Crippen LogP contribution in [0.4, 0.5) is 8.78 Å². The third kappa shape index (κ3) is 3.86. The van der Waals surface area contributed by atoms with E-state index in [1.54, 1.807) is 12.1 Å². The highest BCUT2D eigenvalue weighted by atomic mass is 35.5. The second-order valence-corrected chi connectivity index (χ2v) is 8.41. The van der Waals surface area contributed by atoms with Gasteiger partial charge in [0, 0.05) is 6.54 Å². The molecule has 2 aromatic carbocycles. The number of halogens is 3. The monoisotopic (exact) mass is 385 g/mol. The summed E-state index contributed by atoms with van der Waals surface area (Å²) in [5.74, 6) is -1.07. The van der Waals surface area contributed by atoms with Crippen molar-refractivity contribution in [2.45, 2.75) is 36.6 Å². The Hall–Kier alpha value is -1.50. The van der Waals surface area contributed by atoms with Crippen LogP contribution in [0, 0.1) is 11.6 Å². The van der Waals surface area contributed by atoms with Gasteiger partial charge in [-0.15, -0.1) is 0 Å². The summed E-state index contributed by atoms with van der Waals surface area (Å²) in [5, 5.41) is -0.238. The molecule has 0 saturated carbocycles. The standard InChI is InChI=1S/C18H18ClF2NO2S/c19-16-12-15(8-9-17(16)21)25(23,24)22-10-3-1-2-7-18(22)13-5-4-6-14(20)11-13/h4-6,8-9,11-12,18H,1-3,7,10H2. The molecule has 2 aromatic rings. The quantitative estimate of drug-likeness (QED) is 0.751. The third-order valence-electron chi connectivity index (χ3n) is 4.43. The van der Waals surface area contributed by atoms with E-state index in [2.05, 4.69) is 0 Å². The zero-order valence-corrected chi connectivity index (χ0v) is 15.0. The number of rotatable bonds is 3. The molecular formula is C18H18ClF2NO2S. The molecule has 1 heterocycles. The molecule has 134 valence electrons. The third-order valence-corrected chi connectivity index (χ3v) is 6.63. The van der Waals surface area contributed by atoms with Gasteiger partial charge in [0.1, 0.15) is 11.6 Å². The molecule has 0 radical (unpaired) electrons. The lowest BCUT2D eigenvalue weighted by Crippen LogP contribution is -2.35. The summed E-state index contributed by atoms with van der Waals surface area (Å²) in [6.07, 6.45) is 3.09. The minimum atomic E-state index is -3.88. The molecule has 1 aliphatic rings. The Labute approximate surface area is 151 Å². The second kappa shape index (κ2) is 7.40. The van der Waals surface area contributed by atoms with Gasteiger partial charge in [0.05, 0.1) is 16.0 Å². The number of sulfonamides is 1. The van der Waals surface area contributed by atoms with Gasteiger partial charge in [-0.2, -0.15) is 4.31 Å². The van der Waals surface area contributed by atoms with Crippen molar-refractivity contribution >= 4 is 21.6 Å². The fourth-order valence-electron chi connectivity index (χ4n) is 3.19. The zero-order chi connectivity index (χ0) is 18.0. The van der Waals surface area contributed by atoms with Gasteiger partial charge in [0.25, 0.3) is 0 Å². The van der Waals surface area contributed by atoms with Gasteiger partial charge >= 0.3 is 0 Å². The van der Waals surface area contributed by atoms with Crippen molar-refractivity contribution in [3.8, 4) is 0 Å². The van der Waals surface area contributed by atoms with Gasteiger partial charge in [0.2, 0.25) is 10.0 Å². The lowest BCUT2D eigenvalue weighted by molar-refractivity contribution is 0.328. The molecule has 1 fully saturated rings. The molecule has 0 aromatic heterocycles. The lowest BCUT2D eigenvalue weighted by atomic mass is 10.0. The molecule has 1 unspecified atom stereocenters. The molecular weight excluding hydrogens is 368 g/mol. The number of hydrogen-bond donors (Lipinski definition) is 0. The highest BCUT2D eigenvalue weighted by Gasteiger charge is 2.33. The van der Waals surface area contributed by atoms with E-state index in [0.29, 0.717) is 18.5 Å². The molecule has 3 rings (SSSR count). The SMILES string of the molecule is O=S(=O)(c1ccc(F)c(Cl)c1)N1CCCCCC1c1cccc(F)c1. The largest absolute Gasteiger partial charge is 0.243 e. The molecule has 0 amide bonds. The smallest absolute Gasteiger partial charge is 0.207 e. The lowest BCUT2D eigenvalue weighted by Gasteiger charge is -2.29. The second-order valence-electron chi connectivity index (χ2n) is 6.11. The predicted octanol–water partition coefficient (Wildman–Crippen LogP) is 4.92. The summed E-state index contributed by atoms with van der Waals surface area (Å²) >= 11 is 5.76. The van der Waals surface area contributed by atoms with Gasteiger partial charge in [0.15, 0.2) is 0 Å². The summed E-state index contributed by atoms with van der Waals surface area (Å²) < 4.78 is 54.7. The van der Waals surface area contributed by atoms with Crippen LogP contribution in [0.5, 0.6) is 0 Å². The number of nitrogens with zero attached hydrogens (tertiary/aromatic N) is 1. The first kappa shape index (κ1) is 18.3. The van der Waals surface area contributed by atoms with Gasteiger partial charge in [-0.25, -0.2) is 17.2 Å². The maximum absolute atomic E-state index is 13.6. The van der Waals surface area contributed by atoms with E-state index < -0.39 is 27.7 Å². The average Bonchev–Trinajstić information content (AvgIpc) is 2.83. The van der Waals surface area contributed by atoms with Crippen LogP contribution in [-0.2, 0) is 10.0 Å². The molecule has 1 aliphatic heterocycles. The van der Waals surface area contributed by atoms with E-state index >= 15 is 0 Å². The van der Waals surface area contributed by atoms with Gasteiger partial charge < -0.3 is 0 Å². The van der Waals surface area contributed by atoms with Crippen molar-refractivity contribution in [2.24, 2.45) is 0 Å². The van der Waals surface area contributed by atoms with Crippen LogP contribution < -0.4 is 0 Å². The Morgan fingerprint density at radius 1 is 1.04 bits per heavy atom. The number of hydrogen-bond acceptors (Lipinski definition) is 2. The van der Waals surface area contributed by atoms with E-state index in [-0.39, 0.29) is 9.92 Å². The highest BCUT2D eigenvalue weighted by Crippen LogP contribution is 2.35. The first-order valence-corrected chi connectivity index (χ1v) is 9.94. The van der Waals surface area contributed by atoms with Crippen LogP contribution >= 0.6 is 11.6 Å². The predicted molar refractivity (Wildman–Crippen MR) is 92.9 cm³/mol. The molecule has 25 heavy (non-hydrogen) atoms. The normalized spacial score (nSPS) is 19.6. The summed E-state index contributed by atoms with van der Waals surface area (Å²) in [6.45, 7) is 0.332. The summed E-state index contributed by atoms with van der Waals surface area (Å²) in [5.41, 5.74) is 0.624. The van der Waals surface area contributed by atoms with E-state index in [9.17, 15) is 17.2 Å². The topological polar surface area (TPSA) is 37.4 Å². The zero-order valence-electron chi connectivity index (χ0n) is 13.5. The Kier molecular flexibility index (Phi) is 5.41. The van der Waals surface area contributed by atoms with E-state index in [4.69, 9.17) is 11.6 Å². The van der Waals surface area contributed by atoms with Crippen molar-refractivity contribution in [3.05, 3.63) is 64.7 Å². The number of benzene rings is 2. The Balaban J connectivity index is 2.04. The molecule has 0 spiro atoms. The van der Waals surface area contributed by atoms with Crippen molar-refractivity contribution < 1.29 is 17.2 Å². The fraction of sp³-hybridized carbons (Fsp3) is 0.333. The maximum atomic E-state index is 13.6. The Morgan fingerprint density at radius 3 is 2.56 bits per heavy atom. The molecule has 3 nitrogen and oxygen atoms in total. The summed E-state index contributed by atoms with van der Waals surface area (Å²) in [4.78, 5) is -0.0535. The molecule has 0 N–H and O–H groups in total. The fourth-order valence-corrected chi connectivity index (χ4v) is 5.14. The molecule has 1 saturated heterocycles. The maximum Gasteiger partial charge on any atom is 0.243 e. The van der Waals surface area contributed by atoms with Crippen LogP contribution in [0.25, 0.3) is 0 Å². The molecule has 1 atom stereocenters. The van der Waals surface area contributed by atoms with Crippen LogP contribution in [0.1, 0.15) is 37.3 Å². The minimum Gasteiger partial charge on any atom is -0.207 e. The highest BCUT2D eigenvalue weighted by molar-refractivity contribution is 7.89. The van der Waals surface area contributed by atoms with E-state index in [0.717, 1.165) is 31.4 Å². The molecule has 7 heteroatoms. The van der Waals surface area contributed by atoms with Crippen molar-refractivity contribution in [1.82, 2.24) is 4.31 Å². The van der Waals surface area contributed by atoms with E-state index in [1.807, 2.05) is 0 Å². The summed E-state index contributed by atoms with van der Waals surface area (Å²) in [6, 6.07) is 8.95. The van der Waals surface area contributed by atoms with Crippen molar-refractivity contribution in [2.75, 3.05) is 6.54 Å². The molecule has 0 aliphatic carbocycles. The first-order chi connectivity index (χ1) is 11.9. The van der Waals surface area contributed by atoms with Crippen LogP contribution in [-0.4, -0.2) is 19.3 Å². The van der Waals surface area contributed by atoms with Crippen LogP contribution in [0.15, 0.2) is 47.4 Å². The van der Waals surface area contributed by atoms with Crippen molar-refractivity contribution in [1.29, 1.82) is 0 Å². The van der Waals surface area contributed by atoms with E-state index in [1.165, 1.54) is 22.5 Å². The average molecular weight is 386 g/mol. The summed E-state index contributed by atoms with van der Waals surface area (Å²) in [7, 11) is -3.88. The Morgan fingerprint density at radius 2 is 1.84 bits per heavy atom. The minimum absolute atomic E-state index is 0.0535. The van der Waals surface area contributed by atoms with Crippen molar-refractivity contribution in [3.63, 3.8) is 0 Å². The molecule has 0 bridgehead atoms. The Bertz CT molecular complexity index is 873. The van der Waals surface area contributed by atoms with Gasteiger partial charge in [-0.1, -0.05) is 36.6 Å². The first-order valence-electron chi connectivity index (χ1n) is 8.12. The van der Waals surface area contributed by atoms with Gasteiger partial charge in [-0.3, -0.25) is 0 Å². The van der Waals surface area contributed by atoms with Crippen LogP contribution in [0.2, 0.25) is 5.02 Å².